The second-order valence-corrected chi connectivity index (χ2v) is 6.31. The van der Waals surface area contributed by atoms with Crippen LogP contribution >= 0.6 is 24.0 Å². The van der Waals surface area contributed by atoms with Crippen LogP contribution in [0.25, 0.3) is 0 Å². The summed E-state index contributed by atoms with van der Waals surface area (Å²) in [6, 6.07) is 8.33. The number of guanidine groups is 1. The van der Waals surface area contributed by atoms with E-state index in [1.165, 1.54) is 5.56 Å². The zero-order chi connectivity index (χ0) is 17.8. The number of aliphatic imine (C=N–C) groups is 1. The third-order valence-electron chi connectivity index (χ3n) is 3.93. The molecule has 0 aromatic heterocycles. The Morgan fingerprint density at radius 3 is 2.44 bits per heavy atom. The Kier molecular flexibility index (Phi) is 13.6. The van der Waals surface area contributed by atoms with Crippen molar-refractivity contribution in [2.24, 2.45) is 4.99 Å². The van der Waals surface area contributed by atoms with Gasteiger partial charge in [0.15, 0.2) is 5.96 Å². The minimum atomic E-state index is 0. The van der Waals surface area contributed by atoms with Crippen LogP contribution in [0.15, 0.2) is 29.3 Å². The molecule has 5 nitrogen and oxygen atoms in total. The summed E-state index contributed by atoms with van der Waals surface area (Å²) < 4.78 is 5.21. The molecule has 0 heterocycles. The van der Waals surface area contributed by atoms with Gasteiger partial charge in [-0.2, -0.15) is 0 Å². The fraction of sp³-hybridized carbons (Fsp3) is 0.632. The first kappa shape index (κ1) is 24.0. The van der Waals surface area contributed by atoms with Crippen LogP contribution in [0.1, 0.15) is 38.2 Å². The molecule has 1 aromatic rings. The quantitative estimate of drug-likeness (QED) is 0.243. The molecule has 0 amide bonds. The Hall–Kier alpha value is -1.02. The number of ether oxygens (including phenoxy) is 1. The average Bonchev–Trinajstić information content (AvgIpc) is 2.58. The van der Waals surface area contributed by atoms with Crippen LogP contribution in [0.2, 0.25) is 0 Å². The molecule has 0 radical (unpaired) electrons. The van der Waals surface area contributed by atoms with Crippen LogP contribution < -0.4 is 15.4 Å². The van der Waals surface area contributed by atoms with Gasteiger partial charge < -0.3 is 20.3 Å². The monoisotopic (exact) mass is 462 g/mol. The second-order valence-electron chi connectivity index (χ2n) is 6.31. The molecule has 0 aliphatic heterocycles. The summed E-state index contributed by atoms with van der Waals surface area (Å²) in [4.78, 5) is 6.82. The van der Waals surface area contributed by atoms with Crippen LogP contribution in [0.4, 0.5) is 0 Å². The Morgan fingerprint density at radius 2 is 1.88 bits per heavy atom. The molecule has 1 rings (SSSR count). The van der Waals surface area contributed by atoms with Crippen molar-refractivity contribution >= 4 is 29.9 Å². The second kappa shape index (κ2) is 14.2. The summed E-state index contributed by atoms with van der Waals surface area (Å²) in [5.41, 5.74) is 1.34. The number of halogens is 1. The Morgan fingerprint density at radius 1 is 1.20 bits per heavy atom. The van der Waals surface area contributed by atoms with Crippen molar-refractivity contribution in [3.05, 3.63) is 29.8 Å². The molecule has 1 unspecified atom stereocenters. The van der Waals surface area contributed by atoms with Gasteiger partial charge in [-0.25, -0.2) is 0 Å². The van der Waals surface area contributed by atoms with Gasteiger partial charge in [-0.05, 0) is 64.0 Å². The third kappa shape index (κ3) is 10.5. The SMILES string of the molecule is CCNC(=NCCCN(C)C)NCCC(C)c1ccc(OC)cc1.I. The first-order valence-corrected chi connectivity index (χ1v) is 8.87. The van der Waals surface area contributed by atoms with Gasteiger partial charge in [0, 0.05) is 19.6 Å². The van der Waals surface area contributed by atoms with Gasteiger partial charge in [-0.1, -0.05) is 19.1 Å². The van der Waals surface area contributed by atoms with Crippen LogP contribution in [0.3, 0.4) is 0 Å². The number of benzene rings is 1. The average molecular weight is 462 g/mol. The zero-order valence-corrected chi connectivity index (χ0v) is 18.7. The first-order valence-electron chi connectivity index (χ1n) is 8.87. The fourth-order valence-electron chi connectivity index (χ4n) is 2.43. The molecule has 25 heavy (non-hydrogen) atoms. The smallest absolute Gasteiger partial charge is 0.191 e. The van der Waals surface area contributed by atoms with E-state index in [4.69, 9.17) is 4.74 Å². The highest BCUT2D eigenvalue weighted by atomic mass is 127. The normalized spacial score (nSPS) is 12.5. The van der Waals surface area contributed by atoms with Crippen molar-refractivity contribution in [1.82, 2.24) is 15.5 Å². The van der Waals surface area contributed by atoms with E-state index in [2.05, 4.69) is 60.6 Å². The minimum Gasteiger partial charge on any atom is -0.497 e. The van der Waals surface area contributed by atoms with Crippen LogP contribution in [-0.4, -0.2) is 58.2 Å². The zero-order valence-electron chi connectivity index (χ0n) is 16.3. The highest BCUT2D eigenvalue weighted by Crippen LogP contribution is 2.21. The molecule has 2 N–H and O–H groups in total. The number of rotatable bonds is 10. The molecule has 0 saturated heterocycles. The number of nitrogens with zero attached hydrogens (tertiary/aromatic N) is 2. The molecule has 144 valence electrons. The molecule has 1 atom stereocenters. The van der Waals surface area contributed by atoms with Gasteiger partial charge in [0.1, 0.15) is 5.75 Å². The number of hydrogen-bond acceptors (Lipinski definition) is 3. The fourth-order valence-corrected chi connectivity index (χ4v) is 2.43. The summed E-state index contributed by atoms with van der Waals surface area (Å²) in [5, 5.41) is 6.74. The lowest BCUT2D eigenvalue weighted by Crippen LogP contribution is -2.38. The van der Waals surface area contributed by atoms with Crippen molar-refractivity contribution in [3.63, 3.8) is 0 Å². The summed E-state index contributed by atoms with van der Waals surface area (Å²) in [7, 11) is 5.88. The number of nitrogens with one attached hydrogen (secondary N) is 2. The van der Waals surface area contributed by atoms with Crippen molar-refractivity contribution in [3.8, 4) is 5.75 Å². The van der Waals surface area contributed by atoms with Gasteiger partial charge >= 0.3 is 0 Å². The van der Waals surface area contributed by atoms with Gasteiger partial charge in [0.25, 0.3) is 0 Å². The van der Waals surface area contributed by atoms with Crippen molar-refractivity contribution in [1.29, 1.82) is 0 Å². The highest BCUT2D eigenvalue weighted by Gasteiger charge is 2.06. The maximum Gasteiger partial charge on any atom is 0.191 e. The molecule has 0 aliphatic carbocycles. The molecule has 0 aliphatic rings. The largest absolute Gasteiger partial charge is 0.497 e. The van der Waals surface area contributed by atoms with Crippen LogP contribution in [-0.2, 0) is 0 Å². The van der Waals surface area contributed by atoms with E-state index in [-0.39, 0.29) is 24.0 Å². The molecule has 1 aromatic carbocycles. The Bertz CT molecular complexity index is 477. The summed E-state index contributed by atoms with van der Waals surface area (Å²) in [6.45, 7) is 8.06. The van der Waals surface area contributed by atoms with Crippen LogP contribution in [0.5, 0.6) is 5.75 Å². The minimum absolute atomic E-state index is 0. The molecule has 0 bridgehead atoms. The maximum atomic E-state index is 5.21. The lowest BCUT2D eigenvalue weighted by Gasteiger charge is -2.15. The van der Waals surface area contributed by atoms with E-state index in [0.717, 1.165) is 50.7 Å². The Balaban J connectivity index is 0.00000576. The van der Waals surface area contributed by atoms with E-state index in [9.17, 15) is 0 Å². The molecule has 6 heteroatoms. The van der Waals surface area contributed by atoms with Crippen molar-refractivity contribution < 1.29 is 4.74 Å². The van der Waals surface area contributed by atoms with E-state index < -0.39 is 0 Å². The van der Waals surface area contributed by atoms with Crippen molar-refractivity contribution in [2.75, 3.05) is 47.4 Å². The van der Waals surface area contributed by atoms with Gasteiger partial charge in [0.2, 0.25) is 0 Å². The standard InChI is InChI=1S/C19H34N4O.HI/c1-6-20-19(21-13-7-15-23(3)4)22-14-12-16(2)17-8-10-18(24-5)11-9-17;/h8-11,16H,6-7,12-15H2,1-5H3,(H2,20,21,22);1H. The molecular weight excluding hydrogens is 427 g/mol. The molecular formula is C19H35IN4O. The summed E-state index contributed by atoms with van der Waals surface area (Å²) in [5.74, 6) is 2.32. The van der Waals surface area contributed by atoms with E-state index >= 15 is 0 Å². The number of methoxy groups -OCH3 is 1. The van der Waals surface area contributed by atoms with Crippen LogP contribution in [0, 0.1) is 0 Å². The summed E-state index contributed by atoms with van der Waals surface area (Å²) in [6.07, 6.45) is 2.14. The van der Waals surface area contributed by atoms with Gasteiger partial charge in [-0.15, -0.1) is 24.0 Å². The van der Waals surface area contributed by atoms with E-state index in [1.807, 2.05) is 12.1 Å². The highest BCUT2D eigenvalue weighted by molar-refractivity contribution is 14.0. The van der Waals surface area contributed by atoms with E-state index in [0.29, 0.717) is 5.92 Å². The predicted octanol–water partition coefficient (Wildman–Crippen LogP) is 3.31. The van der Waals surface area contributed by atoms with Crippen molar-refractivity contribution in [2.45, 2.75) is 32.6 Å². The first-order chi connectivity index (χ1) is 11.6. The Labute approximate surface area is 170 Å². The predicted molar refractivity (Wildman–Crippen MR) is 119 cm³/mol. The summed E-state index contributed by atoms with van der Waals surface area (Å²) >= 11 is 0. The molecule has 0 fully saturated rings. The van der Waals surface area contributed by atoms with E-state index in [1.54, 1.807) is 7.11 Å². The lowest BCUT2D eigenvalue weighted by atomic mass is 9.98. The maximum absolute atomic E-state index is 5.21. The third-order valence-corrected chi connectivity index (χ3v) is 3.93. The van der Waals surface area contributed by atoms with Gasteiger partial charge in [-0.3, -0.25) is 4.99 Å². The van der Waals surface area contributed by atoms with Gasteiger partial charge in [0.05, 0.1) is 7.11 Å². The molecule has 0 spiro atoms. The molecule has 0 saturated carbocycles. The number of hydrogen-bond donors (Lipinski definition) is 2. The topological polar surface area (TPSA) is 48.9 Å². The lowest BCUT2D eigenvalue weighted by molar-refractivity contribution is 0.403.